The summed E-state index contributed by atoms with van der Waals surface area (Å²) in [6, 6.07) is 0. The average Bonchev–Trinajstić information content (AvgIpc) is 3.20. The van der Waals surface area contributed by atoms with Crippen LogP contribution in [0.5, 0.6) is 0 Å². The van der Waals surface area contributed by atoms with E-state index in [1.54, 1.807) is 0 Å². The first-order valence-electron chi connectivity index (χ1n) is 6.15. The normalized spacial score (nSPS) is 20.3. The summed E-state index contributed by atoms with van der Waals surface area (Å²) in [6.07, 6.45) is 1.82. The van der Waals surface area contributed by atoms with E-state index in [-0.39, 0.29) is 23.7 Å². The third kappa shape index (κ3) is 3.12. The molecule has 0 unspecified atom stereocenters. The molecule has 1 heterocycles. The standard InChI is InChI=1S/C11H17N3O4/c15-9(7-1-2-7)12-13-10(16)8-3-5-14(6-4-8)11(17)18/h7-8H,1-6H2,(H,12,15)(H,13,16)(H,17,18). The maximum Gasteiger partial charge on any atom is 0.407 e. The summed E-state index contributed by atoms with van der Waals surface area (Å²) in [5.41, 5.74) is 4.82. The van der Waals surface area contributed by atoms with Gasteiger partial charge >= 0.3 is 6.09 Å². The number of likely N-dealkylation sites (tertiary alicyclic amines) is 1. The first-order chi connectivity index (χ1) is 8.58. The Hall–Kier alpha value is -1.79. The van der Waals surface area contributed by atoms with Gasteiger partial charge in [-0.3, -0.25) is 20.4 Å². The lowest BCUT2D eigenvalue weighted by atomic mass is 9.96. The van der Waals surface area contributed by atoms with Crippen LogP contribution in [0.15, 0.2) is 0 Å². The molecule has 7 heteroatoms. The fourth-order valence-electron chi connectivity index (χ4n) is 2.01. The Morgan fingerprint density at radius 2 is 1.33 bits per heavy atom. The number of hydrazine groups is 1. The van der Waals surface area contributed by atoms with Crippen molar-refractivity contribution in [3.8, 4) is 0 Å². The number of nitrogens with one attached hydrogen (secondary N) is 2. The van der Waals surface area contributed by atoms with Crippen LogP contribution in [0.25, 0.3) is 0 Å². The molecule has 1 aliphatic heterocycles. The summed E-state index contributed by atoms with van der Waals surface area (Å²) in [6.45, 7) is 0.730. The van der Waals surface area contributed by atoms with Crippen LogP contribution in [0.2, 0.25) is 0 Å². The van der Waals surface area contributed by atoms with E-state index in [9.17, 15) is 14.4 Å². The zero-order valence-electron chi connectivity index (χ0n) is 10.0. The summed E-state index contributed by atoms with van der Waals surface area (Å²) >= 11 is 0. The van der Waals surface area contributed by atoms with Gasteiger partial charge in [0.1, 0.15) is 0 Å². The van der Waals surface area contributed by atoms with E-state index in [1.807, 2.05) is 0 Å². The first kappa shape index (κ1) is 12.7. The zero-order valence-corrected chi connectivity index (χ0v) is 10.0. The second-order valence-corrected chi connectivity index (χ2v) is 4.80. The maximum atomic E-state index is 11.7. The Kier molecular flexibility index (Phi) is 3.69. The molecule has 1 saturated heterocycles. The number of carbonyl (C=O) groups excluding carboxylic acids is 2. The lowest BCUT2D eigenvalue weighted by Crippen LogP contribution is -2.48. The van der Waals surface area contributed by atoms with E-state index in [0.29, 0.717) is 25.9 Å². The van der Waals surface area contributed by atoms with Gasteiger partial charge in [-0.1, -0.05) is 0 Å². The van der Waals surface area contributed by atoms with Crippen molar-refractivity contribution in [3.63, 3.8) is 0 Å². The molecule has 1 aliphatic carbocycles. The number of hydrogen-bond donors (Lipinski definition) is 3. The van der Waals surface area contributed by atoms with Crippen molar-refractivity contribution in [2.45, 2.75) is 25.7 Å². The third-order valence-electron chi connectivity index (χ3n) is 3.39. The number of carboxylic acid groups (broad SMARTS) is 1. The summed E-state index contributed by atoms with van der Waals surface area (Å²) in [5.74, 6) is -0.528. The van der Waals surface area contributed by atoms with Gasteiger partial charge in [-0.15, -0.1) is 0 Å². The van der Waals surface area contributed by atoms with Crippen LogP contribution in [-0.4, -0.2) is 41.0 Å². The van der Waals surface area contributed by atoms with E-state index in [1.165, 1.54) is 4.90 Å². The topological polar surface area (TPSA) is 98.7 Å². The van der Waals surface area contributed by atoms with Gasteiger partial charge in [0.15, 0.2) is 0 Å². The van der Waals surface area contributed by atoms with Gasteiger partial charge in [0.25, 0.3) is 0 Å². The summed E-state index contributed by atoms with van der Waals surface area (Å²) in [7, 11) is 0. The van der Waals surface area contributed by atoms with Crippen LogP contribution in [0.3, 0.4) is 0 Å². The van der Waals surface area contributed by atoms with Crippen molar-refractivity contribution >= 4 is 17.9 Å². The number of hydrogen-bond acceptors (Lipinski definition) is 3. The van der Waals surface area contributed by atoms with E-state index in [4.69, 9.17) is 5.11 Å². The minimum Gasteiger partial charge on any atom is -0.465 e. The third-order valence-corrected chi connectivity index (χ3v) is 3.39. The number of amides is 3. The second kappa shape index (κ2) is 5.24. The Balaban J connectivity index is 1.70. The van der Waals surface area contributed by atoms with Crippen LogP contribution in [0.4, 0.5) is 4.79 Å². The molecule has 0 atom stereocenters. The molecule has 0 bridgehead atoms. The van der Waals surface area contributed by atoms with Crippen molar-refractivity contribution < 1.29 is 19.5 Å². The molecule has 1 saturated carbocycles. The van der Waals surface area contributed by atoms with Crippen molar-refractivity contribution in [2.75, 3.05) is 13.1 Å². The predicted octanol–water partition coefficient (Wildman–Crippen LogP) is -0.0662. The summed E-state index contributed by atoms with van der Waals surface area (Å²) < 4.78 is 0. The maximum absolute atomic E-state index is 11.7. The van der Waals surface area contributed by atoms with Gasteiger partial charge in [0.2, 0.25) is 11.8 Å². The fourth-order valence-corrected chi connectivity index (χ4v) is 2.01. The summed E-state index contributed by atoms with van der Waals surface area (Å²) in [4.78, 5) is 35.0. The van der Waals surface area contributed by atoms with Gasteiger partial charge in [-0.05, 0) is 25.7 Å². The van der Waals surface area contributed by atoms with Gasteiger partial charge in [-0.2, -0.15) is 0 Å². The largest absolute Gasteiger partial charge is 0.465 e. The van der Waals surface area contributed by atoms with Gasteiger partial charge in [-0.25, -0.2) is 4.79 Å². The lowest BCUT2D eigenvalue weighted by Gasteiger charge is -2.29. The first-order valence-corrected chi connectivity index (χ1v) is 6.15. The molecular weight excluding hydrogens is 238 g/mol. The molecule has 0 aromatic heterocycles. The molecule has 2 rings (SSSR count). The van der Waals surface area contributed by atoms with Crippen LogP contribution in [0, 0.1) is 11.8 Å². The van der Waals surface area contributed by atoms with Gasteiger partial charge in [0.05, 0.1) is 0 Å². The highest BCUT2D eigenvalue weighted by Gasteiger charge is 2.31. The lowest BCUT2D eigenvalue weighted by molar-refractivity contribution is -0.132. The molecule has 3 amide bonds. The highest BCUT2D eigenvalue weighted by molar-refractivity contribution is 5.85. The van der Waals surface area contributed by atoms with Crippen molar-refractivity contribution in [1.29, 1.82) is 0 Å². The van der Waals surface area contributed by atoms with Crippen LogP contribution in [0.1, 0.15) is 25.7 Å². The van der Waals surface area contributed by atoms with Gasteiger partial charge in [0, 0.05) is 24.9 Å². The molecule has 0 aromatic rings. The quantitative estimate of drug-likeness (QED) is 0.602. The molecule has 2 fully saturated rings. The summed E-state index contributed by atoms with van der Waals surface area (Å²) in [5, 5.41) is 8.78. The van der Waals surface area contributed by atoms with E-state index in [2.05, 4.69) is 10.9 Å². The molecule has 7 nitrogen and oxygen atoms in total. The Morgan fingerprint density at radius 1 is 0.889 bits per heavy atom. The number of nitrogens with zero attached hydrogens (tertiary/aromatic N) is 1. The Bertz CT molecular complexity index is 359. The average molecular weight is 255 g/mol. The van der Waals surface area contributed by atoms with Crippen molar-refractivity contribution in [1.82, 2.24) is 15.8 Å². The Labute approximate surface area is 104 Å². The van der Waals surface area contributed by atoms with Crippen LogP contribution >= 0.6 is 0 Å². The van der Waals surface area contributed by atoms with Crippen LogP contribution < -0.4 is 10.9 Å². The highest BCUT2D eigenvalue weighted by atomic mass is 16.4. The molecule has 0 spiro atoms. The van der Waals surface area contributed by atoms with E-state index < -0.39 is 6.09 Å². The Morgan fingerprint density at radius 3 is 1.72 bits per heavy atom. The van der Waals surface area contributed by atoms with Crippen molar-refractivity contribution in [3.05, 3.63) is 0 Å². The smallest absolute Gasteiger partial charge is 0.407 e. The molecular formula is C11H17N3O4. The number of piperidine rings is 1. The van der Waals surface area contributed by atoms with Crippen LogP contribution in [-0.2, 0) is 9.59 Å². The SMILES string of the molecule is O=C(NNC(=O)C1CCN(C(=O)O)CC1)C1CC1. The molecule has 2 aliphatic rings. The highest BCUT2D eigenvalue weighted by Crippen LogP contribution is 2.28. The number of rotatable bonds is 2. The molecule has 0 radical (unpaired) electrons. The van der Waals surface area contributed by atoms with Gasteiger partial charge < -0.3 is 10.0 Å². The minimum absolute atomic E-state index is 0.0548. The number of carbonyl (C=O) groups is 3. The molecule has 3 N–H and O–H groups in total. The van der Waals surface area contributed by atoms with E-state index in [0.717, 1.165) is 12.8 Å². The zero-order chi connectivity index (χ0) is 13.1. The monoisotopic (exact) mass is 255 g/mol. The van der Waals surface area contributed by atoms with Crippen molar-refractivity contribution in [2.24, 2.45) is 11.8 Å². The second-order valence-electron chi connectivity index (χ2n) is 4.80. The minimum atomic E-state index is -0.948. The van der Waals surface area contributed by atoms with E-state index >= 15 is 0 Å². The predicted molar refractivity (Wildman–Crippen MR) is 61.3 cm³/mol. The fraction of sp³-hybridized carbons (Fsp3) is 0.727. The molecule has 100 valence electrons. The molecule has 0 aromatic carbocycles. The molecule has 18 heavy (non-hydrogen) atoms.